The quantitative estimate of drug-likeness (QED) is 0.577. The molecule has 1 heterocycles. The van der Waals surface area contributed by atoms with Crippen molar-refractivity contribution >= 4 is 11.9 Å². The highest BCUT2D eigenvalue weighted by atomic mass is 16.6. The van der Waals surface area contributed by atoms with Crippen LogP contribution < -0.4 is 0 Å². The van der Waals surface area contributed by atoms with Crippen LogP contribution in [0.15, 0.2) is 35.8 Å². The highest BCUT2D eigenvalue weighted by Gasteiger charge is 2.39. The molecule has 1 aromatic carbocycles. The van der Waals surface area contributed by atoms with Gasteiger partial charge in [-0.05, 0) is 24.3 Å². The van der Waals surface area contributed by atoms with Crippen LogP contribution in [0.25, 0.3) is 0 Å². The number of benzene rings is 1. The Kier molecular flexibility index (Phi) is 3.99. The summed E-state index contributed by atoms with van der Waals surface area (Å²) in [5, 5.41) is 37.2. The number of phenols is 1. The van der Waals surface area contributed by atoms with E-state index in [4.69, 9.17) is 14.9 Å². The summed E-state index contributed by atoms with van der Waals surface area (Å²) in [6.45, 7) is -0.561. The molecule has 8 heteroatoms. The van der Waals surface area contributed by atoms with Gasteiger partial charge in [0.1, 0.15) is 18.5 Å². The third-order valence-corrected chi connectivity index (χ3v) is 2.78. The van der Waals surface area contributed by atoms with Gasteiger partial charge in [0.2, 0.25) is 5.76 Å². The van der Waals surface area contributed by atoms with Crippen LogP contribution in [0.1, 0.15) is 10.4 Å². The van der Waals surface area contributed by atoms with E-state index in [9.17, 15) is 19.8 Å². The second kappa shape index (κ2) is 5.71. The van der Waals surface area contributed by atoms with Crippen molar-refractivity contribution in [2.45, 2.75) is 12.2 Å². The van der Waals surface area contributed by atoms with Gasteiger partial charge in [0.05, 0.1) is 5.56 Å². The van der Waals surface area contributed by atoms with Gasteiger partial charge in [-0.2, -0.15) is 0 Å². The number of rotatable bonds is 4. The molecule has 0 saturated heterocycles. The van der Waals surface area contributed by atoms with Crippen LogP contribution >= 0.6 is 0 Å². The minimum absolute atomic E-state index is 0.0185. The van der Waals surface area contributed by atoms with Crippen LogP contribution in [0.2, 0.25) is 0 Å². The van der Waals surface area contributed by atoms with Gasteiger partial charge in [0, 0.05) is 0 Å². The first-order valence-electron chi connectivity index (χ1n) is 5.87. The van der Waals surface area contributed by atoms with E-state index in [-0.39, 0.29) is 11.3 Å². The summed E-state index contributed by atoms with van der Waals surface area (Å²) >= 11 is 0. The molecule has 0 spiro atoms. The van der Waals surface area contributed by atoms with Crippen molar-refractivity contribution in [1.29, 1.82) is 0 Å². The lowest BCUT2D eigenvalue weighted by Gasteiger charge is -2.17. The van der Waals surface area contributed by atoms with Gasteiger partial charge < -0.3 is 29.9 Å². The summed E-state index contributed by atoms with van der Waals surface area (Å²) in [4.78, 5) is 22.6. The molecular weight excluding hydrogens is 284 g/mol. The number of aromatic hydroxyl groups is 1. The Morgan fingerprint density at radius 2 is 1.86 bits per heavy atom. The molecule has 0 bridgehead atoms. The molecule has 4 N–H and O–H groups in total. The van der Waals surface area contributed by atoms with Crippen molar-refractivity contribution in [3.63, 3.8) is 0 Å². The van der Waals surface area contributed by atoms with E-state index >= 15 is 0 Å². The molecule has 0 radical (unpaired) electrons. The zero-order valence-corrected chi connectivity index (χ0v) is 10.6. The molecule has 1 aliphatic heterocycles. The Balaban J connectivity index is 1.93. The molecular formula is C13H12O8. The smallest absolute Gasteiger partial charge is 0.377 e. The van der Waals surface area contributed by atoms with Crippen LogP contribution in [0.3, 0.4) is 0 Å². The number of aliphatic hydroxyl groups is 3. The van der Waals surface area contributed by atoms with Crippen LogP contribution in [0.4, 0.5) is 0 Å². The molecule has 0 fully saturated rings. The van der Waals surface area contributed by atoms with Crippen LogP contribution in [0.5, 0.6) is 5.75 Å². The Labute approximate surface area is 118 Å². The summed E-state index contributed by atoms with van der Waals surface area (Å²) in [5.74, 6) is -3.75. The Morgan fingerprint density at radius 1 is 1.24 bits per heavy atom. The summed E-state index contributed by atoms with van der Waals surface area (Å²) in [5.41, 5.74) is 0.144. The van der Waals surface area contributed by atoms with Crippen molar-refractivity contribution in [3.8, 4) is 5.75 Å². The summed E-state index contributed by atoms with van der Waals surface area (Å²) in [7, 11) is 0. The van der Waals surface area contributed by atoms with E-state index < -0.39 is 42.3 Å². The van der Waals surface area contributed by atoms with Crippen molar-refractivity contribution in [2.75, 3.05) is 6.61 Å². The van der Waals surface area contributed by atoms with Crippen molar-refractivity contribution in [3.05, 3.63) is 41.3 Å². The Hall–Kier alpha value is -2.74. The third kappa shape index (κ3) is 3.06. The lowest BCUT2D eigenvalue weighted by Crippen LogP contribution is -2.33. The molecule has 0 aliphatic carbocycles. The predicted molar refractivity (Wildman–Crippen MR) is 66.6 cm³/mol. The standard InChI is InChI=1S/C13H12O8/c14-7-3-1-6(2-4-7)12(18)20-5-8(15)11-9(16)10(17)13(19)21-11/h1-4,8,11,14-17H,5H2/t8-,11-/m1/s1. The van der Waals surface area contributed by atoms with Gasteiger partial charge in [-0.1, -0.05) is 0 Å². The number of esters is 2. The van der Waals surface area contributed by atoms with Gasteiger partial charge in [-0.3, -0.25) is 0 Å². The van der Waals surface area contributed by atoms with Gasteiger partial charge in [-0.15, -0.1) is 0 Å². The van der Waals surface area contributed by atoms with Crippen LogP contribution in [-0.4, -0.2) is 51.2 Å². The fourth-order valence-electron chi connectivity index (χ4n) is 1.66. The van der Waals surface area contributed by atoms with Crippen LogP contribution in [0, 0.1) is 0 Å². The number of carbonyl (C=O) groups is 2. The van der Waals surface area contributed by atoms with E-state index in [1.165, 1.54) is 24.3 Å². The topological polar surface area (TPSA) is 134 Å². The molecule has 0 saturated carbocycles. The maximum Gasteiger partial charge on any atom is 0.377 e. The molecule has 112 valence electrons. The molecule has 2 atom stereocenters. The molecule has 2 rings (SSSR count). The third-order valence-electron chi connectivity index (χ3n) is 2.78. The Bertz CT molecular complexity index is 589. The normalized spacial score (nSPS) is 19.3. The van der Waals surface area contributed by atoms with Gasteiger partial charge in [-0.25, -0.2) is 9.59 Å². The lowest BCUT2D eigenvalue weighted by molar-refractivity contribution is -0.147. The highest BCUT2D eigenvalue weighted by Crippen LogP contribution is 2.21. The maximum absolute atomic E-state index is 11.6. The molecule has 0 unspecified atom stereocenters. The van der Waals surface area contributed by atoms with E-state index in [0.717, 1.165) is 0 Å². The number of cyclic esters (lactones) is 1. The second-order valence-electron chi connectivity index (χ2n) is 4.27. The average molecular weight is 296 g/mol. The number of ether oxygens (including phenoxy) is 2. The summed E-state index contributed by atoms with van der Waals surface area (Å²) in [6.07, 6.45) is -3.01. The largest absolute Gasteiger partial charge is 0.508 e. The lowest BCUT2D eigenvalue weighted by atomic mass is 10.2. The first-order chi connectivity index (χ1) is 9.90. The highest BCUT2D eigenvalue weighted by molar-refractivity contribution is 5.90. The first-order valence-corrected chi connectivity index (χ1v) is 5.87. The Morgan fingerprint density at radius 3 is 2.38 bits per heavy atom. The number of carbonyl (C=O) groups excluding carboxylic acids is 2. The summed E-state index contributed by atoms with van der Waals surface area (Å²) in [6, 6.07) is 5.22. The molecule has 8 nitrogen and oxygen atoms in total. The van der Waals surface area contributed by atoms with E-state index in [1.54, 1.807) is 0 Å². The number of hydrogen-bond donors (Lipinski definition) is 4. The number of phenolic OH excluding ortho intramolecular Hbond substituents is 1. The molecule has 21 heavy (non-hydrogen) atoms. The minimum Gasteiger partial charge on any atom is -0.508 e. The number of aliphatic hydroxyl groups excluding tert-OH is 3. The van der Waals surface area contributed by atoms with E-state index in [2.05, 4.69) is 4.74 Å². The average Bonchev–Trinajstić information content (AvgIpc) is 2.73. The number of hydrogen-bond acceptors (Lipinski definition) is 8. The van der Waals surface area contributed by atoms with Crippen molar-refractivity contribution in [2.24, 2.45) is 0 Å². The van der Waals surface area contributed by atoms with Crippen molar-refractivity contribution < 1.29 is 39.5 Å². The monoisotopic (exact) mass is 296 g/mol. The SMILES string of the molecule is O=C1O[C@H]([C@H](O)COC(=O)c2ccc(O)cc2)C(O)=C1O. The maximum atomic E-state index is 11.6. The summed E-state index contributed by atoms with van der Waals surface area (Å²) < 4.78 is 9.30. The fourth-order valence-corrected chi connectivity index (χ4v) is 1.66. The van der Waals surface area contributed by atoms with E-state index in [0.29, 0.717) is 0 Å². The predicted octanol–water partition coefficient (Wildman–Crippen LogP) is 0.163. The minimum atomic E-state index is -1.53. The second-order valence-corrected chi connectivity index (χ2v) is 4.27. The van der Waals surface area contributed by atoms with E-state index in [1.807, 2.05) is 0 Å². The molecule has 0 amide bonds. The molecule has 1 aromatic rings. The molecule has 0 aromatic heterocycles. The van der Waals surface area contributed by atoms with Crippen molar-refractivity contribution in [1.82, 2.24) is 0 Å². The zero-order chi connectivity index (χ0) is 15.6. The first kappa shape index (κ1) is 14.7. The van der Waals surface area contributed by atoms with Crippen LogP contribution in [-0.2, 0) is 14.3 Å². The van der Waals surface area contributed by atoms with Gasteiger partial charge >= 0.3 is 11.9 Å². The molecule has 1 aliphatic rings. The fraction of sp³-hybridized carbons (Fsp3) is 0.231. The van der Waals surface area contributed by atoms with Gasteiger partial charge in [0.25, 0.3) is 0 Å². The zero-order valence-electron chi connectivity index (χ0n) is 10.6. The van der Waals surface area contributed by atoms with Gasteiger partial charge in [0.15, 0.2) is 11.9 Å².